The van der Waals surface area contributed by atoms with Gasteiger partial charge >= 0.3 is 0 Å². The number of hydrogen-bond acceptors (Lipinski definition) is 2. The van der Waals surface area contributed by atoms with Gasteiger partial charge in [-0.3, -0.25) is 4.79 Å². The Kier molecular flexibility index (Phi) is 4.76. The van der Waals surface area contributed by atoms with Gasteiger partial charge in [0.05, 0.1) is 17.3 Å². The molecule has 0 fully saturated rings. The van der Waals surface area contributed by atoms with Crippen LogP contribution in [0.4, 0.5) is 8.78 Å². The quantitative estimate of drug-likeness (QED) is 0.795. The van der Waals surface area contributed by atoms with Gasteiger partial charge in [0.1, 0.15) is 5.78 Å². The van der Waals surface area contributed by atoms with Crippen LogP contribution in [0.3, 0.4) is 0 Å². The monoisotopic (exact) mass is 301 g/mol. The van der Waals surface area contributed by atoms with Crippen LogP contribution in [-0.4, -0.2) is 5.78 Å². The fourth-order valence-electron chi connectivity index (χ4n) is 1.45. The molecule has 1 atom stereocenters. The molecule has 1 rings (SSSR count). The third-order valence-electron chi connectivity index (χ3n) is 2.32. The molecule has 1 aromatic carbocycles. The summed E-state index contributed by atoms with van der Waals surface area (Å²) in [6.45, 7) is 1.37. The minimum absolute atomic E-state index is 0.0915. The van der Waals surface area contributed by atoms with Crippen molar-refractivity contribution >= 4 is 21.7 Å². The van der Waals surface area contributed by atoms with Gasteiger partial charge < -0.3 is 0 Å². The lowest BCUT2D eigenvalue weighted by atomic mass is 9.98. The Balaban J connectivity index is 3.25. The summed E-state index contributed by atoms with van der Waals surface area (Å²) in [7, 11) is 0. The molecule has 0 aliphatic heterocycles. The van der Waals surface area contributed by atoms with Crippen LogP contribution in [0.1, 0.15) is 34.9 Å². The van der Waals surface area contributed by atoms with Crippen LogP contribution < -0.4 is 0 Å². The normalized spacial score (nSPS) is 12.2. The van der Waals surface area contributed by atoms with Gasteiger partial charge in [-0.2, -0.15) is 5.26 Å². The van der Waals surface area contributed by atoms with E-state index in [2.05, 4.69) is 15.9 Å². The van der Waals surface area contributed by atoms with E-state index in [1.807, 2.05) is 6.07 Å². The summed E-state index contributed by atoms with van der Waals surface area (Å²) in [5.74, 6) is -0.185. The molecular weight excluding hydrogens is 292 g/mol. The highest BCUT2D eigenvalue weighted by Gasteiger charge is 2.19. The smallest absolute Gasteiger partial charge is 0.263 e. The van der Waals surface area contributed by atoms with Gasteiger partial charge in [-0.1, -0.05) is 28.1 Å². The maximum absolute atomic E-state index is 12.6. The number of halogens is 3. The van der Waals surface area contributed by atoms with Gasteiger partial charge in [-0.25, -0.2) is 8.78 Å². The van der Waals surface area contributed by atoms with Crippen LogP contribution in [0.5, 0.6) is 0 Å². The lowest BCUT2D eigenvalue weighted by Gasteiger charge is -2.13. The van der Waals surface area contributed by atoms with Gasteiger partial charge in [-0.15, -0.1) is 0 Å². The van der Waals surface area contributed by atoms with E-state index in [0.29, 0.717) is 11.1 Å². The summed E-state index contributed by atoms with van der Waals surface area (Å²) >= 11 is 3.15. The van der Waals surface area contributed by atoms with E-state index in [1.54, 1.807) is 0 Å². The van der Waals surface area contributed by atoms with Gasteiger partial charge in [0, 0.05) is 5.56 Å². The number of nitrogens with zero attached hydrogens (tertiary/aromatic N) is 1. The molecule has 0 heterocycles. The number of alkyl halides is 3. The van der Waals surface area contributed by atoms with E-state index < -0.39 is 11.3 Å². The number of benzene rings is 1. The Hall–Kier alpha value is -1.28. The third-order valence-corrected chi connectivity index (χ3v) is 3.46. The van der Waals surface area contributed by atoms with E-state index in [0.717, 1.165) is 0 Å². The van der Waals surface area contributed by atoms with Crippen molar-refractivity contribution in [2.75, 3.05) is 0 Å². The van der Waals surface area contributed by atoms with Crippen molar-refractivity contribution in [3.8, 4) is 6.07 Å². The number of Topliss-reactive ketones (excluding diaryl/α,β-unsaturated/α-hetero) is 1. The van der Waals surface area contributed by atoms with Crippen molar-refractivity contribution in [2.45, 2.75) is 24.6 Å². The molecule has 0 aliphatic rings. The van der Waals surface area contributed by atoms with Crippen molar-refractivity contribution in [3.05, 3.63) is 34.9 Å². The number of rotatable bonds is 4. The lowest BCUT2D eigenvalue weighted by Crippen LogP contribution is -2.05. The van der Waals surface area contributed by atoms with E-state index in [1.165, 1.54) is 25.1 Å². The first-order valence-corrected chi connectivity index (χ1v) is 5.81. The second-order valence-electron chi connectivity index (χ2n) is 3.57. The Bertz CT molecular complexity index is 468. The summed E-state index contributed by atoms with van der Waals surface area (Å²) in [6.07, 6.45) is -2.50. The van der Waals surface area contributed by atoms with Gasteiger partial charge in [-0.05, 0) is 24.1 Å². The topological polar surface area (TPSA) is 40.9 Å². The Morgan fingerprint density at radius 1 is 1.53 bits per heavy atom. The van der Waals surface area contributed by atoms with Crippen LogP contribution in [0, 0.1) is 11.3 Å². The number of hydrogen-bond donors (Lipinski definition) is 0. The molecule has 0 saturated carbocycles. The van der Waals surface area contributed by atoms with E-state index in [9.17, 15) is 13.6 Å². The lowest BCUT2D eigenvalue weighted by molar-refractivity contribution is -0.116. The average molecular weight is 302 g/mol. The zero-order valence-electron chi connectivity index (χ0n) is 9.08. The molecule has 90 valence electrons. The second-order valence-corrected chi connectivity index (χ2v) is 4.48. The highest BCUT2D eigenvalue weighted by Crippen LogP contribution is 2.31. The van der Waals surface area contributed by atoms with Crippen molar-refractivity contribution < 1.29 is 13.6 Å². The van der Waals surface area contributed by atoms with E-state index in [4.69, 9.17) is 5.26 Å². The van der Waals surface area contributed by atoms with Crippen molar-refractivity contribution in [1.82, 2.24) is 0 Å². The molecule has 0 saturated heterocycles. The molecule has 1 unspecified atom stereocenters. The molecule has 0 radical (unpaired) electrons. The molecular formula is C12H10BrF2NO. The van der Waals surface area contributed by atoms with Crippen molar-refractivity contribution in [2.24, 2.45) is 0 Å². The van der Waals surface area contributed by atoms with Gasteiger partial charge in [0.25, 0.3) is 6.43 Å². The predicted molar refractivity (Wildman–Crippen MR) is 63.1 cm³/mol. The minimum Gasteiger partial charge on any atom is -0.298 e. The Morgan fingerprint density at radius 3 is 2.65 bits per heavy atom. The number of nitriles is 1. The summed E-state index contributed by atoms with van der Waals surface area (Å²) < 4.78 is 25.1. The third kappa shape index (κ3) is 3.34. The van der Waals surface area contributed by atoms with Crippen LogP contribution in [-0.2, 0) is 11.2 Å². The van der Waals surface area contributed by atoms with E-state index in [-0.39, 0.29) is 17.8 Å². The standard InChI is InChI=1S/C12H10BrF2NO/c1-7(17)11(13)10-6-9(12(14)15)3-2-8(10)4-5-16/h2-3,6,11-12H,4H2,1H3. The first kappa shape index (κ1) is 13.8. The number of carbonyl (C=O) groups excluding carboxylic acids is 1. The van der Waals surface area contributed by atoms with E-state index >= 15 is 0 Å². The number of carbonyl (C=O) groups is 1. The largest absolute Gasteiger partial charge is 0.298 e. The SMILES string of the molecule is CC(=O)C(Br)c1cc(C(F)F)ccc1CC#N. The molecule has 0 amide bonds. The fraction of sp³-hybridized carbons (Fsp3) is 0.333. The van der Waals surface area contributed by atoms with Crippen LogP contribution in [0.2, 0.25) is 0 Å². The highest BCUT2D eigenvalue weighted by atomic mass is 79.9. The fourth-order valence-corrected chi connectivity index (χ4v) is 1.88. The summed E-state index contributed by atoms with van der Waals surface area (Å²) in [5, 5.41) is 8.64. The summed E-state index contributed by atoms with van der Waals surface area (Å²) in [6, 6.07) is 5.97. The predicted octanol–water partition coefficient (Wildman–Crippen LogP) is 3.72. The molecule has 0 spiro atoms. The second kappa shape index (κ2) is 5.87. The first-order valence-electron chi connectivity index (χ1n) is 4.89. The zero-order chi connectivity index (χ0) is 13.0. The van der Waals surface area contributed by atoms with Gasteiger partial charge in [0.2, 0.25) is 0 Å². The van der Waals surface area contributed by atoms with Crippen molar-refractivity contribution in [3.63, 3.8) is 0 Å². The Labute approximate surface area is 106 Å². The summed E-state index contributed by atoms with van der Waals surface area (Å²) in [5.41, 5.74) is 0.887. The zero-order valence-corrected chi connectivity index (χ0v) is 10.7. The van der Waals surface area contributed by atoms with Crippen LogP contribution in [0.15, 0.2) is 18.2 Å². The first-order chi connectivity index (χ1) is 7.97. The average Bonchev–Trinajstić information content (AvgIpc) is 2.28. The number of ketones is 1. The minimum atomic E-state index is -2.59. The molecule has 0 N–H and O–H groups in total. The molecule has 0 aromatic heterocycles. The molecule has 2 nitrogen and oxygen atoms in total. The molecule has 1 aromatic rings. The van der Waals surface area contributed by atoms with Crippen LogP contribution in [0.25, 0.3) is 0 Å². The molecule has 5 heteroatoms. The maximum atomic E-state index is 12.6. The Morgan fingerprint density at radius 2 is 2.18 bits per heavy atom. The van der Waals surface area contributed by atoms with Crippen LogP contribution >= 0.6 is 15.9 Å². The van der Waals surface area contributed by atoms with Gasteiger partial charge in [0.15, 0.2) is 0 Å². The molecule has 0 aliphatic carbocycles. The molecule has 17 heavy (non-hydrogen) atoms. The molecule has 0 bridgehead atoms. The maximum Gasteiger partial charge on any atom is 0.263 e. The van der Waals surface area contributed by atoms with Crippen molar-refractivity contribution in [1.29, 1.82) is 5.26 Å². The highest BCUT2D eigenvalue weighted by molar-refractivity contribution is 9.09. The summed E-state index contributed by atoms with van der Waals surface area (Å²) in [4.78, 5) is 10.6.